The van der Waals surface area contributed by atoms with Crippen molar-refractivity contribution in [2.45, 2.75) is 48.0 Å². The smallest absolute Gasteiger partial charge is 0.251 e. The first-order valence-corrected chi connectivity index (χ1v) is 7.90. The van der Waals surface area contributed by atoms with Gasteiger partial charge in [0.05, 0.1) is 0 Å². The summed E-state index contributed by atoms with van der Waals surface area (Å²) in [6, 6.07) is 5.92. The van der Waals surface area contributed by atoms with Crippen molar-refractivity contribution < 1.29 is 4.79 Å². The first-order valence-electron chi connectivity index (χ1n) is 7.90. The molecule has 0 spiro atoms. The van der Waals surface area contributed by atoms with E-state index in [0.717, 1.165) is 29.8 Å². The van der Waals surface area contributed by atoms with Crippen LogP contribution in [0.3, 0.4) is 0 Å². The van der Waals surface area contributed by atoms with Crippen LogP contribution in [-0.2, 0) is 0 Å². The SMILES string of the molecule is CCCNc1ccc(C(=O)NCC(C)(C)C(C)C)c(C)c1. The summed E-state index contributed by atoms with van der Waals surface area (Å²) < 4.78 is 0. The summed E-state index contributed by atoms with van der Waals surface area (Å²) in [7, 11) is 0. The number of hydrogen-bond donors (Lipinski definition) is 2. The van der Waals surface area contributed by atoms with Gasteiger partial charge in [0.15, 0.2) is 0 Å². The molecule has 0 aliphatic carbocycles. The zero-order valence-electron chi connectivity index (χ0n) is 14.3. The van der Waals surface area contributed by atoms with E-state index in [4.69, 9.17) is 0 Å². The van der Waals surface area contributed by atoms with Gasteiger partial charge >= 0.3 is 0 Å². The normalized spacial score (nSPS) is 11.6. The number of hydrogen-bond acceptors (Lipinski definition) is 2. The van der Waals surface area contributed by atoms with Crippen LogP contribution in [0.5, 0.6) is 0 Å². The van der Waals surface area contributed by atoms with Crippen LogP contribution in [0.1, 0.15) is 57.0 Å². The van der Waals surface area contributed by atoms with E-state index in [9.17, 15) is 4.79 Å². The Balaban J connectivity index is 2.70. The summed E-state index contributed by atoms with van der Waals surface area (Å²) in [5, 5.41) is 6.41. The number of amides is 1. The lowest BCUT2D eigenvalue weighted by Gasteiger charge is -2.29. The van der Waals surface area contributed by atoms with Crippen LogP contribution in [0.15, 0.2) is 18.2 Å². The Kier molecular flexibility index (Phi) is 6.25. The molecule has 0 radical (unpaired) electrons. The second-order valence-corrected chi connectivity index (χ2v) is 6.78. The minimum absolute atomic E-state index is 0.0169. The number of benzene rings is 1. The minimum atomic E-state index is 0.0169. The molecule has 3 heteroatoms. The largest absolute Gasteiger partial charge is 0.385 e. The van der Waals surface area contributed by atoms with Gasteiger partial charge in [-0.2, -0.15) is 0 Å². The average molecular weight is 290 g/mol. The van der Waals surface area contributed by atoms with Crippen LogP contribution in [0, 0.1) is 18.3 Å². The van der Waals surface area contributed by atoms with E-state index in [1.54, 1.807) is 0 Å². The molecule has 118 valence electrons. The van der Waals surface area contributed by atoms with Gasteiger partial charge in [-0.3, -0.25) is 4.79 Å². The molecule has 0 saturated heterocycles. The van der Waals surface area contributed by atoms with Crippen molar-refractivity contribution in [2.75, 3.05) is 18.4 Å². The molecule has 1 aromatic carbocycles. The molecule has 0 bridgehead atoms. The van der Waals surface area contributed by atoms with Crippen LogP contribution in [0.4, 0.5) is 5.69 Å². The molecular weight excluding hydrogens is 260 g/mol. The second-order valence-electron chi connectivity index (χ2n) is 6.78. The van der Waals surface area contributed by atoms with Crippen LogP contribution >= 0.6 is 0 Å². The molecule has 0 atom stereocenters. The molecule has 1 rings (SSSR count). The molecule has 3 nitrogen and oxygen atoms in total. The topological polar surface area (TPSA) is 41.1 Å². The van der Waals surface area contributed by atoms with E-state index in [1.165, 1.54) is 0 Å². The lowest BCUT2D eigenvalue weighted by Crippen LogP contribution is -2.37. The third kappa shape index (κ3) is 5.07. The van der Waals surface area contributed by atoms with Gasteiger partial charge in [-0.1, -0.05) is 34.6 Å². The zero-order chi connectivity index (χ0) is 16.0. The second kappa shape index (κ2) is 7.48. The fourth-order valence-corrected chi connectivity index (χ4v) is 1.91. The summed E-state index contributed by atoms with van der Waals surface area (Å²) in [5.41, 5.74) is 2.95. The fourth-order valence-electron chi connectivity index (χ4n) is 1.91. The number of nitrogens with one attached hydrogen (secondary N) is 2. The lowest BCUT2D eigenvalue weighted by atomic mass is 9.81. The van der Waals surface area contributed by atoms with Crippen molar-refractivity contribution in [3.63, 3.8) is 0 Å². The van der Waals surface area contributed by atoms with Crippen molar-refractivity contribution in [1.82, 2.24) is 5.32 Å². The predicted molar refractivity (Wildman–Crippen MR) is 90.9 cm³/mol. The Morgan fingerprint density at radius 3 is 2.48 bits per heavy atom. The first-order chi connectivity index (χ1) is 9.77. The number of rotatable bonds is 7. The molecular formula is C18H30N2O. The van der Waals surface area contributed by atoms with E-state index >= 15 is 0 Å². The van der Waals surface area contributed by atoms with Crippen molar-refractivity contribution in [2.24, 2.45) is 11.3 Å². The Hall–Kier alpha value is -1.51. The molecule has 21 heavy (non-hydrogen) atoms. The fraction of sp³-hybridized carbons (Fsp3) is 0.611. The van der Waals surface area contributed by atoms with Crippen LogP contribution in [-0.4, -0.2) is 19.0 Å². The molecule has 0 aliphatic heterocycles. The van der Waals surface area contributed by atoms with Gasteiger partial charge in [0.1, 0.15) is 0 Å². The molecule has 0 heterocycles. The van der Waals surface area contributed by atoms with Crippen LogP contribution < -0.4 is 10.6 Å². The molecule has 0 aromatic heterocycles. The Morgan fingerprint density at radius 2 is 1.95 bits per heavy atom. The van der Waals surface area contributed by atoms with Crippen molar-refractivity contribution in [3.8, 4) is 0 Å². The van der Waals surface area contributed by atoms with Gasteiger partial charge in [0.2, 0.25) is 0 Å². The van der Waals surface area contributed by atoms with Crippen molar-refractivity contribution >= 4 is 11.6 Å². The van der Waals surface area contributed by atoms with E-state index in [-0.39, 0.29) is 11.3 Å². The quantitative estimate of drug-likeness (QED) is 0.789. The first kappa shape index (κ1) is 17.5. The average Bonchev–Trinajstić information content (AvgIpc) is 2.42. The standard InChI is InChI=1S/C18H30N2O/c1-7-10-19-15-8-9-16(14(4)11-15)17(21)20-12-18(5,6)13(2)3/h8-9,11,13,19H,7,10,12H2,1-6H3,(H,20,21). The highest BCUT2D eigenvalue weighted by molar-refractivity contribution is 5.96. The van der Waals surface area contributed by atoms with E-state index < -0.39 is 0 Å². The Labute approximate surface area is 129 Å². The molecule has 1 aromatic rings. The highest BCUT2D eigenvalue weighted by Crippen LogP contribution is 2.25. The Morgan fingerprint density at radius 1 is 1.29 bits per heavy atom. The summed E-state index contributed by atoms with van der Waals surface area (Å²) in [5.74, 6) is 0.544. The summed E-state index contributed by atoms with van der Waals surface area (Å²) in [6.07, 6.45) is 1.09. The van der Waals surface area contributed by atoms with Gasteiger partial charge in [0.25, 0.3) is 5.91 Å². The maximum atomic E-state index is 12.3. The van der Waals surface area contributed by atoms with E-state index in [2.05, 4.69) is 45.3 Å². The Bertz CT molecular complexity index is 478. The minimum Gasteiger partial charge on any atom is -0.385 e. The zero-order valence-corrected chi connectivity index (χ0v) is 14.3. The summed E-state index contributed by atoms with van der Waals surface area (Å²) in [6.45, 7) is 14.5. The molecule has 0 fully saturated rings. The van der Waals surface area contributed by atoms with Gasteiger partial charge in [0, 0.05) is 24.3 Å². The molecule has 0 saturated carbocycles. The van der Waals surface area contributed by atoms with Gasteiger partial charge in [-0.15, -0.1) is 0 Å². The van der Waals surface area contributed by atoms with Gasteiger partial charge in [-0.25, -0.2) is 0 Å². The maximum Gasteiger partial charge on any atom is 0.251 e. The monoisotopic (exact) mass is 290 g/mol. The molecule has 1 amide bonds. The lowest BCUT2D eigenvalue weighted by molar-refractivity contribution is 0.0924. The number of carbonyl (C=O) groups is 1. The highest BCUT2D eigenvalue weighted by Gasteiger charge is 2.23. The van der Waals surface area contributed by atoms with Gasteiger partial charge in [-0.05, 0) is 48.4 Å². The van der Waals surface area contributed by atoms with Crippen LogP contribution in [0.25, 0.3) is 0 Å². The highest BCUT2D eigenvalue weighted by atomic mass is 16.1. The van der Waals surface area contributed by atoms with E-state index in [0.29, 0.717) is 12.5 Å². The molecule has 2 N–H and O–H groups in total. The number of carbonyl (C=O) groups excluding carboxylic acids is 1. The van der Waals surface area contributed by atoms with Crippen molar-refractivity contribution in [1.29, 1.82) is 0 Å². The summed E-state index contributed by atoms with van der Waals surface area (Å²) >= 11 is 0. The summed E-state index contributed by atoms with van der Waals surface area (Å²) in [4.78, 5) is 12.3. The van der Waals surface area contributed by atoms with Crippen molar-refractivity contribution in [3.05, 3.63) is 29.3 Å². The molecule has 0 aliphatic rings. The number of anilines is 1. The number of aryl methyl sites for hydroxylation is 1. The maximum absolute atomic E-state index is 12.3. The van der Waals surface area contributed by atoms with Gasteiger partial charge < -0.3 is 10.6 Å². The predicted octanol–water partition coefficient (Wildman–Crippen LogP) is 4.23. The third-order valence-electron chi connectivity index (χ3n) is 4.32. The third-order valence-corrected chi connectivity index (χ3v) is 4.32. The van der Waals surface area contributed by atoms with Crippen LogP contribution in [0.2, 0.25) is 0 Å². The molecule has 0 unspecified atom stereocenters. The van der Waals surface area contributed by atoms with E-state index in [1.807, 2.05) is 25.1 Å².